The first kappa shape index (κ1) is 12.9. The minimum atomic E-state index is -1.73. The van der Waals surface area contributed by atoms with Gasteiger partial charge < -0.3 is 15.3 Å². The summed E-state index contributed by atoms with van der Waals surface area (Å²) >= 11 is 0. The van der Waals surface area contributed by atoms with Gasteiger partial charge in [-0.2, -0.15) is 0 Å². The predicted octanol–water partition coefficient (Wildman–Crippen LogP) is 2.24. The van der Waals surface area contributed by atoms with E-state index < -0.39 is 5.79 Å². The highest BCUT2D eigenvalue weighted by molar-refractivity contribution is 5.43. The van der Waals surface area contributed by atoms with Gasteiger partial charge in [-0.05, 0) is 29.3 Å². The minimum absolute atomic E-state index is 0.195. The number of hydrogen-bond donors (Lipinski definition) is 3. The summed E-state index contributed by atoms with van der Waals surface area (Å²) in [5, 5.41) is 28.2. The molecule has 3 heteroatoms. The van der Waals surface area contributed by atoms with Gasteiger partial charge in [0.15, 0.2) is 5.79 Å². The average Bonchev–Trinajstić information content (AvgIpc) is 2.29. The number of phenolic OH excluding ortho intramolecular Hbond substituents is 1. The molecule has 0 bridgehead atoms. The quantitative estimate of drug-likeness (QED) is 0.701. The van der Waals surface area contributed by atoms with Crippen molar-refractivity contribution >= 4 is 0 Å². The Morgan fingerprint density at radius 1 is 1.11 bits per heavy atom. The second-order valence-electron chi connectivity index (χ2n) is 5.25. The maximum atomic E-state index is 9.46. The van der Waals surface area contributed by atoms with Crippen LogP contribution in [0.2, 0.25) is 0 Å². The smallest absolute Gasteiger partial charge is 0.186 e. The Morgan fingerprint density at radius 3 is 2.22 bits per heavy atom. The molecule has 1 aliphatic rings. The Labute approximate surface area is 107 Å². The number of aromatic hydroxyl groups is 1. The fourth-order valence-electron chi connectivity index (χ4n) is 2.13. The highest BCUT2D eigenvalue weighted by Gasteiger charge is 2.29. The normalized spacial score (nSPS) is 18.6. The summed E-state index contributed by atoms with van der Waals surface area (Å²) in [6.07, 6.45) is 5.19. The second kappa shape index (κ2) is 4.26. The van der Waals surface area contributed by atoms with Crippen LogP contribution in [0.3, 0.4) is 0 Å². The van der Waals surface area contributed by atoms with Crippen molar-refractivity contribution in [3.05, 3.63) is 53.6 Å². The number of phenols is 1. The van der Waals surface area contributed by atoms with Crippen LogP contribution in [0.25, 0.3) is 0 Å². The SMILES string of the molecule is CC(C)(C1=CCC(O)(O)C=C1)c1ccc(O)cc1. The zero-order chi connectivity index (χ0) is 13.4. The van der Waals surface area contributed by atoms with Gasteiger partial charge >= 0.3 is 0 Å². The summed E-state index contributed by atoms with van der Waals surface area (Å²) in [6, 6.07) is 7.08. The van der Waals surface area contributed by atoms with E-state index >= 15 is 0 Å². The fraction of sp³-hybridized carbons (Fsp3) is 0.333. The van der Waals surface area contributed by atoms with Crippen LogP contribution in [-0.4, -0.2) is 21.1 Å². The number of rotatable bonds is 2. The summed E-state index contributed by atoms with van der Waals surface area (Å²) in [5.74, 6) is -1.48. The van der Waals surface area contributed by atoms with E-state index in [9.17, 15) is 15.3 Å². The second-order valence-corrected chi connectivity index (χ2v) is 5.25. The summed E-state index contributed by atoms with van der Waals surface area (Å²) in [5.41, 5.74) is 1.87. The third kappa shape index (κ3) is 2.47. The van der Waals surface area contributed by atoms with Crippen LogP contribution in [0.4, 0.5) is 0 Å². The number of hydrogen-bond acceptors (Lipinski definition) is 3. The Morgan fingerprint density at radius 2 is 1.72 bits per heavy atom. The topological polar surface area (TPSA) is 60.7 Å². The highest BCUT2D eigenvalue weighted by atomic mass is 16.5. The van der Waals surface area contributed by atoms with E-state index in [1.54, 1.807) is 18.2 Å². The molecular formula is C15H18O3. The molecule has 0 atom stereocenters. The highest BCUT2D eigenvalue weighted by Crippen LogP contribution is 2.36. The van der Waals surface area contributed by atoms with Crippen LogP contribution < -0.4 is 0 Å². The molecule has 0 aromatic heterocycles. The molecule has 0 radical (unpaired) electrons. The molecule has 0 aliphatic heterocycles. The first-order valence-electron chi connectivity index (χ1n) is 5.95. The van der Waals surface area contributed by atoms with E-state index in [4.69, 9.17) is 0 Å². The van der Waals surface area contributed by atoms with Crippen LogP contribution in [0.1, 0.15) is 25.8 Å². The van der Waals surface area contributed by atoms with Crippen molar-refractivity contribution in [2.45, 2.75) is 31.5 Å². The van der Waals surface area contributed by atoms with E-state index in [0.717, 1.165) is 11.1 Å². The summed E-state index contributed by atoms with van der Waals surface area (Å²) in [4.78, 5) is 0. The third-order valence-corrected chi connectivity index (χ3v) is 3.46. The molecule has 0 spiro atoms. The Balaban J connectivity index is 2.30. The van der Waals surface area contributed by atoms with Crippen molar-refractivity contribution in [3.8, 4) is 5.75 Å². The molecule has 0 saturated carbocycles. The maximum Gasteiger partial charge on any atom is 0.186 e. The van der Waals surface area contributed by atoms with E-state index in [1.165, 1.54) is 6.08 Å². The molecule has 0 heterocycles. The Kier molecular flexibility index (Phi) is 3.05. The van der Waals surface area contributed by atoms with Gasteiger partial charge in [-0.15, -0.1) is 0 Å². The maximum absolute atomic E-state index is 9.46. The Hall–Kier alpha value is -1.58. The molecule has 3 nitrogen and oxygen atoms in total. The number of allylic oxidation sites excluding steroid dienone is 2. The summed E-state index contributed by atoms with van der Waals surface area (Å²) in [7, 11) is 0. The van der Waals surface area contributed by atoms with Gasteiger partial charge in [-0.25, -0.2) is 0 Å². The molecule has 18 heavy (non-hydrogen) atoms. The van der Waals surface area contributed by atoms with E-state index in [1.807, 2.05) is 18.2 Å². The van der Waals surface area contributed by atoms with Crippen molar-refractivity contribution in [1.29, 1.82) is 0 Å². The molecular weight excluding hydrogens is 228 g/mol. The Bertz CT molecular complexity index is 493. The lowest BCUT2D eigenvalue weighted by Crippen LogP contribution is -2.29. The van der Waals surface area contributed by atoms with E-state index in [2.05, 4.69) is 13.8 Å². The van der Waals surface area contributed by atoms with Crippen LogP contribution >= 0.6 is 0 Å². The number of aliphatic hydroxyl groups is 2. The molecule has 1 aromatic carbocycles. The van der Waals surface area contributed by atoms with E-state index in [0.29, 0.717) is 0 Å². The first-order valence-corrected chi connectivity index (χ1v) is 5.95. The lowest BCUT2D eigenvalue weighted by molar-refractivity contribution is -0.115. The van der Waals surface area contributed by atoms with Gasteiger partial charge in [0.05, 0.1) is 0 Å². The largest absolute Gasteiger partial charge is 0.508 e. The predicted molar refractivity (Wildman–Crippen MR) is 70.1 cm³/mol. The molecule has 0 unspecified atom stereocenters. The van der Waals surface area contributed by atoms with Crippen molar-refractivity contribution < 1.29 is 15.3 Å². The molecule has 2 rings (SSSR count). The van der Waals surface area contributed by atoms with Crippen LogP contribution in [0.15, 0.2) is 48.1 Å². The molecule has 96 valence electrons. The van der Waals surface area contributed by atoms with Crippen molar-refractivity contribution in [3.63, 3.8) is 0 Å². The lowest BCUT2D eigenvalue weighted by Gasteiger charge is -2.31. The van der Waals surface area contributed by atoms with Gasteiger partial charge in [0.1, 0.15) is 5.75 Å². The van der Waals surface area contributed by atoms with E-state index in [-0.39, 0.29) is 17.6 Å². The van der Waals surface area contributed by atoms with Gasteiger partial charge in [0.25, 0.3) is 0 Å². The zero-order valence-electron chi connectivity index (χ0n) is 10.6. The van der Waals surface area contributed by atoms with Crippen molar-refractivity contribution in [1.82, 2.24) is 0 Å². The first-order chi connectivity index (χ1) is 8.31. The van der Waals surface area contributed by atoms with Gasteiger partial charge in [0.2, 0.25) is 0 Å². The van der Waals surface area contributed by atoms with Crippen LogP contribution in [-0.2, 0) is 5.41 Å². The average molecular weight is 246 g/mol. The molecule has 3 N–H and O–H groups in total. The fourth-order valence-corrected chi connectivity index (χ4v) is 2.13. The van der Waals surface area contributed by atoms with Crippen molar-refractivity contribution in [2.24, 2.45) is 0 Å². The third-order valence-electron chi connectivity index (χ3n) is 3.46. The molecule has 0 amide bonds. The molecule has 1 aliphatic carbocycles. The van der Waals surface area contributed by atoms with Gasteiger partial charge in [0, 0.05) is 11.8 Å². The standard InChI is InChI=1S/C15H18O3/c1-14(2,11-3-5-13(16)6-4-11)12-7-9-15(17,18)10-8-12/h3-9,16-18H,10H2,1-2H3. The molecule has 0 fully saturated rings. The zero-order valence-corrected chi connectivity index (χ0v) is 10.6. The number of benzene rings is 1. The monoisotopic (exact) mass is 246 g/mol. The van der Waals surface area contributed by atoms with Gasteiger partial charge in [-0.3, -0.25) is 0 Å². The summed E-state index contributed by atoms with van der Waals surface area (Å²) < 4.78 is 0. The van der Waals surface area contributed by atoms with Crippen LogP contribution in [0.5, 0.6) is 5.75 Å². The minimum Gasteiger partial charge on any atom is -0.508 e. The molecule has 0 saturated heterocycles. The lowest BCUT2D eigenvalue weighted by atomic mass is 9.75. The molecule has 1 aromatic rings. The van der Waals surface area contributed by atoms with Crippen LogP contribution in [0, 0.1) is 0 Å². The van der Waals surface area contributed by atoms with Gasteiger partial charge in [-0.1, -0.05) is 38.1 Å². The summed E-state index contributed by atoms with van der Waals surface area (Å²) in [6.45, 7) is 4.13. The van der Waals surface area contributed by atoms with Crippen molar-refractivity contribution in [2.75, 3.05) is 0 Å².